The number of piperidine rings is 1. The number of likely N-dealkylation sites (tertiary alicyclic amines) is 1. The first-order valence-corrected chi connectivity index (χ1v) is 24.2. The van der Waals surface area contributed by atoms with Gasteiger partial charge in [0.2, 0.25) is 0 Å². The van der Waals surface area contributed by atoms with Gasteiger partial charge in [0.15, 0.2) is 5.60 Å². The maximum atomic E-state index is 14.6. The molecule has 15 unspecified atom stereocenters. The molecule has 1 saturated heterocycles. The monoisotopic (exact) mass is 896 g/mol. The standard InChI is InChI=1S/C51H77NO12/c1-8-10-11-12-13-14-15-16-17-18-19-20-21-22-23-24-38(54)64-51-39-35(30-49(57,46(62-7)44(51)55)45(39)63-47(56)33-25-27-34(59-4)28-26-33)50-37(60-5)29-36(53)48(32-58-3)31-52(9-2)43(50)40(51)41(61-6)42(48)50/h13-14,16-17,25-28,35-37,39-46,53,55,57H,8-12,15,18-24,29-32H2,1-7H3/b14-13-,17-16+. The number of nitrogens with zero attached hydrogens (tertiary/aromatic N) is 1. The second-order valence-corrected chi connectivity index (χ2v) is 19.6. The van der Waals surface area contributed by atoms with E-state index in [0.717, 1.165) is 44.9 Å². The first-order valence-electron chi connectivity index (χ1n) is 24.2. The van der Waals surface area contributed by atoms with Gasteiger partial charge in [0.05, 0.1) is 37.6 Å². The van der Waals surface area contributed by atoms with E-state index < -0.39 is 94.3 Å². The summed E-state index contributed by atoms with van der Waals surface area (Å²) in [6.45, 7) is 5.60. The molecule has 0 aromatic heterocycles. The van der Waals surface area contributed by atoms with Crippen LogP contribution >= 0.6 is 0 Å². The van der Waals surface area contributed by atoms with Crippen LogP contribution < -0.4 is 4.74 Å². The van der Waals surface area contributed by atoms with Crippen LogP contribution in [0.1, 0.15) is 114 Å². The second-order valence-electron chi connectivity index (χ2n) is 19.6. The summed E-state index contributed by atoms with van der Waals surface area (Å²) in [6, 6.07) is 6.18. The topological polar surface area (TPSA) is 163 Å². The maximum absolute atomic E-state index is 14.6. The van der Waals surface area contributed by atoms with Crippen LogP contribution in [0.5, 0.6) is 5.75 Å². The number of aliphatic hydroxyl groups excluding tert-OH is 2. The number of benzene rings is 1. The van der Waals surface area contributed by atoms with Crippen LogP contribution in [0.4, 0.5) is 0 Å². The van der Waals surface area contributed by atoms with Gasteiger partial charge in [-0.05, 0) is 81.7 Å². The number of methoxy groups -OCH3 is 5. The summed E-state index contributed by atoms with van der Waals surface area (Å²) in [6.07, 6.45) is 14.9. The molecule has 3 N–H and O–H groups in total. The lowest BCUT2D eigenvalue weighted by atomic mass is 9.42. The Labute approximate surface area is 381 Å². The Kier molecular flexibility index (Phi) is 15.7. The molecule has 7 rings (SSSR count). The zero-order valence-electron chi connectivity index (χ0n) is 39.5. The van der Waals surface area contributed by atoms with Crippen LogP contribution in [0.15, 0.2) is 48.6 Å². The molecule has 6 aliphatic rings. The number of unbranched alkanes of at least 4 members (excludes halogenated alkanes) is 8. The highest BCUT2D eigenvalue weighted by Gasteiger charge is 2.92. The van der Waals surface area contributed by atoms with Gasteiger partial charge < -0.3 is 48.5 Å². The maximum Gasteiger partial charge on any atom is 0.338 e. The Morgan fingerprint density at radius 1 is 0.828 bits per heavy atom. The second kappa shape index (κ2) is 20.6. The van der Waals surface area contributed by atoms with Crippen LogP contribution in [0.3, 0.4) is 0 Å². The van der Waals surface area contributed by atoms with Gasteiger partial charge in [-0.15, -0.1) is 0 Å². The van der Waals surface area contributed by atoms with Gasteiger partial charge >= 0.3 is 11.9 Å². The molecule has 1 aromatic rings. The van der Waals surface area contributed by atoms with E-state index in [1.807, 2.05) is 0 Å². The number of hydrogen-bond donors (Lipinski definition) is 3. The van der Waals surface area contributed by atoms with Crippen molar-refractivity contribution in [3.8, 4) is 5.75 Å². The van der Waals surface area contributed by atoms with Crippen molar-refractivity contribution >= 4 is 11.9 Å². The third-order valence-electron chi connectivity index (χ3n) is 16.8. The number of fused-ring (bicyclic) bond motifs is 2. The number of carbonyl (C=O) groups excluding carboxylic acids is 2. The molecule has 0 amide bonds. The third-order valence-corrected chi connectivity index (χ3v) is 16.8. The summed E-state index contributed by atoms with van der Waals surface area (Å²) in [7, 11) is 7.92. The molecule has 64 heavy (non-hydrogen) atoms. The highest BCUT2D eigenvalue weighted by molar-refractivity contribution is 5.89. The Bertz CT molecular complexity index is 1790. The Morgan fingerprint density at radius 2 is 1.52 bits per heavy atom. The molecule has 13 nitrogen and oxygen atoms in total. The number of hydrogen-bond acceptors (Lipinski definition) is 13. The first kappa shape index (κ1) is 49.0. The van der Waals surface area contributed by atoms with Crippen LogP contribution in [0.25, 0.3) is 0 Å². The van der Waals surface area contributed by atoms with Crippen LogP contribution in [0.2, 0.25) is 0 Å². The molecule has 13 heteroatoms. The van der Waals surface area contributed by atoms with E-state index >= 15 is 0 Å². The molecule has 1 spiro atoms. The van der Waals surface area contributed by atoms with Gasteiger partial charge in [-0.2, -0.15) is 0 Å². The molecule has 1 aromatic carbocycles. The van der Waals surface area contributed by atoms with Crippen LogP contribution in [0, 0.1) is 34.5 Å². The fraction of sp³-hybridized carbons (Fsp3) is 0.765. The Balaban J connectivity index is 1.20. The van der Waals surface area contributed by atoms with Crippen molar-refractivity contribution in [3.63, 3.8) is 0 Å². The summed E-state index contributed by atoms with van der Waals surface area (Å²) in [5.74, 6) is -3.10. The van der Waals surface area contributed by atoms with Crippen molar-refractivity contribution in [1.29, 1.82) is 0 Å². The van der Waals surface area contributed by atoms with Crippen LogP contribution in [-0.2, 0) is 33.2 Å². The van der Waals surface area contributed by atoms with Crippen molar-refractivity contribution in [3.05, 3.63) is 54.1 Å². The van der Waals surface area contributed by atoms with Gasteiger partial charge in [-0.3, -0.25) is 9.69 Å². The Hall–Kier alpha value is -2.88. The molecule has 1 heterocycles. The van der Waals surface area contributed by atoms with Crippen molar-refractivity contribution in [2.45, 2.75) is 158 Å². The minimum Gasteiger partial charge on any atom is -0.497 e. The average molecular weight is 896 g/mol. The van der Waals surface area contributed by atoms with Gasteiger partial charge in [-0.1, -0.05) is 70.3 Å². The zero-order valence-corrected chi connectivity index (χ0v) is 39.5. The fourth-order valence-corrected chi connectivity index (χ4v) is 14.5. The van der Waals surface area contributed by atoms with Gasteiger partial charge in [0.25, 0.3) is 0 Å². The minimum absolute atomic E-state index is 0.0603. The van der Waals surface area contributed by atoms with E-state index in [0.29, 0.717) is 31.7 Å². The highest BCUT2D eigenvalue weighted by atomic mass is 16.6. The summed E-state index contributed by atoms with van der Waals surface area (Å²) in [4.78, 5) is 31.2. The predicted octanol–water partition coefficient (Wildman–Crippen LogP) is 6.45. The lowest BCUT2D eigenvalue weighted by molar-refractivity contribution is -0.323. The molecular weight excluding hydrogens is 819 g/mol. The van der Waals surface area contributed by atoms with Gasteiger partial charge in [-0.25, -0.2) is 4.79 Å². The summed E-state index contributed by atoms with van der Waals surface area (Å²) >= 11 is 0. The molecule has 1 aliphatic heterocycles. The molecule has 7 bridgehead atoms. The van der Waals surface area contributed by atoms with Crippen molar-refractivity contribution in [2.75, 3.05) is 55.2 Å². The molecule has 5 saturated carbocycles. The van der Waals surface area contributed by atoms with E-state index in [2.05, 4.69) is 43.1 Å². The van der Waals surface area contributed by atoms with E-state index in [-0.39, 0.29) is 31.1 Å². The number of rotatable bonds is 24. The van der Waals surface area contributed by atoms with E-state index in [9.17, 15) is 24.9 Å². The predicted molar refractivity (Wildman–Crippen MR) is 241 cm³/mol. The first-order chi connectivity index (χ1) is 31.0. The van der Waals surface area contributed by atoms with Crippen molar-refractivity contribution < 1.29 is 58.1 Å². The smallest absolute Gasteiger partial charge is 0.338 e. The molecule has 0 radical (unpaired) electrons. The van der Waals surface area contributed by atoms with Crippen molar-refractivity contribution in [2.24, 2.45) is 34.5 Å². The van der Waals surface area contributed by atoms with E-state index in [1.54, 1.807) is 52.7 Å². The number of aliphatic hydroxyl groups is 3. The Morgan fingerprint density at radius 3 is 2.14 bits per heavy atom. The van der Waals surface area contributed by atoms with E-state index in [4.69, 9.17) is 33.2 Å². The van der Waals surface area contributed by atoms with Gasteiger partial charge in [0.1, 0.15) is 29.7 Å². The fourth-order valence-electron chi connectivity index (χ4n) is 14.5. The molecule has 6 fully saturated rings. The average Bonchev–Trinajstić information content (AvgIpc) is 3.67. The molecule has 5 aliphatic carbocycles. The van der Waals surface area contributed by atoms with Gasteiger partial charge in [0, 0.05) is 82.5 Å². The molecule has 15 atom stereocenters. The summed E-state index contributed by atoms with van der Waals surface area (Å²) in [5.41, 5.74) is -5.02. The lowest BCUT2D eigenvalue weighted by Gasteiger charge is -2.70. The largest absolute Gasteiger partial charge is 0.497 e. The normalized spacial score (nSPS) is 39.4. The highest BCUT2D eigenvalue weighted by Crippen LogP contribution is 2.80. The SMILES string of the molecule is CCCCC/C=C\C/C=C/CCCCCCCC(=O)OC12C(O)C(OC)C3(O)CC(C1C3OC(=O)c1ccc(OC)cc1)C13C(OC)CC(O)C4(COC)CN(CC)C1C2C(OC)C43. The molecule has 358 valence electrons. The summed E-state index contributed by atoms with van der Waals surface area (Å²) in [5, 5.41) is 38.5. The van der Waals surface area contributed by atoms with E-state index in [1.165, 1.54) is 26.4 Å². The quantitative estimate of drug-likeness (QED) is 0.0591. The summed E-state index contributed by atoms with van der Waals surface area (Å²) < 4.78 is 44.1. The van der Waals surface area contributed by atoms with Crippen molar-refractivity contribution in [1.82, 2.24) is 4.90 Å². The number of carbonyl (C=O) groups is 2. The zero-order chi connectivity index (χ0) is 45.9. The third kappa shape index (κ3) is 7.89. The van der Waals surface area contributed by atoms with Crippen LogP contribution in [-0.4, -0.2) is 141 Å². The molecular formula is C51H77NO12. The lowest BCUT2D eigenvalue weighted by Crippen LogP contribution is -2.81. The number of allylic oxidation sites excluding steroid dienone is 4. The number of ether oxygens (including phenoxy) is 7. The number of esters is 2. The minimum atomic E-state index is -1.88.